The lowest BCUT2D eigenvalue weighted by atomic mass is 9.94. The molecule has 2 aromatic heterocycles. The molecule has 36 heavy (non-hydrogen) atoms. The molecule has 10 nitrogen and oxygen atoms in total. The maximum atomic E-state index is 12.6. The summed E-state index contributed by atoms with van der Waals surface area (Å²) in [6.07, 6.45) is 7.48. The zero-order valence-electron chi connectivity index (χ0n) is 20.4. The van der Waals surface area contributed by atoms with E-state index in [-0.39, 0.29) is 5.56 Å². The van der Waals surface area contributed by atoms with Crippen molar-refractivity contribution in [1.82, 2.24) is 25.5 Å². The van der Waals surface area contributed by atoms with Crippen LogP contribution in [0.1, 0.15) is 38.5 Å². The number of aromatic amines is 1. The minimum atomic E-state index is -0.341. The van der Waals surface area contributed by atoms with Gasteiger partial charge in [-0.15, -0.1) is 0 Å². The summed E-state index contributed by atoms with van der Waals surface area (Å²) in [7, 11) is 0. The van der Waals surface area contributed by atoms with E-state index in [1.165, 1.54) is 12.8 Å². The van der Waals surface area contributed by atoms with Gasteiger partial charge in [-0.05, 0) is 81.3 Å². The lowest BCUT2D eigenvalue weighted by Crippen LogP contribution is -2.35. The van der Waals surface area contributed by atoms with Gasteiger partial charge in [0.1, 0.15) is 22.5 Å². The van der Waals surface area contributed by atoms with E-state index in [1.807, 2.05) is 24.3 Å². The molecule has 0 unspecified atom stereocenters. The number of benzene rings is 1. The third kappa shape index (κ3) is 5.74. The molecule has 3 aromatic rings. The number of H-pyrrole nitrogens is 1. The summed E-state index contributed by atoms with van der Waals surface area (Å²) < 4.78 is 5.96. The van der Waals surface area contributed by atoms with E-state index in [1.54, 1.807) is 6.20 Å². The van der Waals surface area contributed by atoms with E-state index < -0.39 is 0 Å². The van der Waals surface area contributed by atoms with Crippen LogP contribution in [-0.2, 0) is 0 Å². The number of rotatable bonds is 8. The molecule has 0 spiro atoms. The second kappa shape index (κ2) is 11.4. The first-order valence-electron chi connectivity index (χ1n) is 12.8. The van der Waals surface area contributed by atoms with Crippen LogP contribution in [0.4, 0.5) is 17.5 Å². The molecule has 1 aromatic carbocycles. The third-order valence-electron chi connectivity index (χ3n) is 7.15. The van der Waals surface area contributed by atoms with E-state index in [0.717, 1.165) is 62.8 Å². The van der Waals surface area contributed by atoms with Crippen molar-refractivity contribution in [2.24, 2.45) is 11.8 Å². The van der Waals surface area contributed by atoms with Crippen LogP contribution in [0.2, 0.25) is 0 Å². The fourth-order valence-corrected chi connectivity index (χ4v) is 4.97. The fraction of sp³-hybridized carbons (Fsp3) is 0.500. The molecule has 0 atom stereocenters. The zero-order valence-corrected chi connectivity index (χ0v) is 20.4. The van der Waals surface area contributed by atoms with Crippen molar-refractivity contribution < 1.29 is 4.74 Å². The predicted molar refractivity (Wildman–Crippen MR) is 139 cm³/mol. The highest BCUT2D eigenvalue weighted by Gasteiger charge is 2.23. The molecule has 0 radical (unpaired) electrons. The molecule has 10 heteroatoms. The van der Waals surface area contributed by atoms with Crippen molar-refractivity contribution in [3.05, 3.63) is 40.8 Å². The quantitative estimate of drug-likeness (QED) is 0.437. The second-order valence-corrected chi connectivity index (χ2v) is 9.60. The Kier molecular flexibility index (Phi) is 7.57. The van der Waals surface area contributed by atoms with Gasteiger partial charge in [0, 0.05) is 25.2 Å². The van der Waals surface area contributed by atoms with Gasteiger partial charge < -0.3 is 20.3 Å². The summed E-state index contributed by atoms with van der Waals surface area (Å²) in [6.45, 7) is 4.46. The van der Waals surface area contributed by atoms with E-state index in [9.17, 15) is 4.79 Å². The number of nitrogens with one attached hydrogen (secondary N) is 3. The molecule has 3 N–H and O–H groups in total. The number of piperidine rings is 2. The van der Waals surface area contributed by atoms with Crippen LogP contribution in [0.5, 0.6) is 5.75 Å². The molecule has 0 bridgehead atoms. The second-order valence-electron chi connectivity index (χ2n) is 9.60. The number of ether oxygens (including phenoxy) is 1. The number of anilines is 3. The Balaban J connectivity index is 1.29. The van der Waals surface area contributed by atoms with Gasteiger partial charge in [-0.2, -0.15) is 15.3 Å². The summed E-state index contributed by atoms with van der Waals surface area (Å²) >= 11 is 0. The predicted octanol–water partition coefficient (Wildman–Crippen LogP) is 3.36. The number of nitrogens with zero attached hydrogens (tertiary/aromatic N) is 5. The third-order valence-corrected chi connectivity index (χ3v) is 7.15. The van der Waals surface area contributed by atoms with Gasteiger partial charge in [0.25, 0.3) is 5.56 Å². The lowest BCUT2D eigenvalue weighted by molar-refractivity contribution is 0.252. The summed E-state index contributed by atoms with van der Waals surface area (Å²) in [6, 6.07) is 9.99. The smallest absolute Gasteiger partial charge is 0.277 e. The fourth-order valence-electron chi connectivity index (χ4n) is 4.97. The molecule has 0 saturated carbocycles. The number of aromatic nitrogens is 4. The van der Waals surface area contributed by atoms with Crippen LogP contribution in [0.15, 0.2) is 35.3 Å². The summed E-state index contributed by atoms with van der Waals surface area (Å²) in [5.74, 6) is 2.97. The molecular weight excluding hydrogens is 456 g/mol. The molecule has 4 heterocycles. The van der Waals surface area contributed by atoms with Crippen molar-refractivity contribution in [3.8, 4) is 11.8 Å². The van der Waals surface area contributed by atoms with Crippen molar-refractivity contribution in [3.63, 3.8) is 0 Å². The first-order chi connectivity index (χ1) is 17.7. The Labute approximate surface area is 210 Å². The average molecular weight is 489 g/mol. The van der Waals surface area contributed by atoms with Gasteiger partial charge in [-0.3, -0.25) is 4.79 Å². The number of nitriles is 1. The average Bonchev–Trinajstić information content (AvgIpc) is 2.91. The highest BCUT2D eigenvalue weighted by molar-refractivity contribution is 5.90. The van der Waals surface area contributed by atoms with Crippen LogP contribution >= 0.6 is 0 Å². The Morgan fingerprint density at radius 1 is 1.08 bits per heavy atom. The van der Waals surface area contributed by atoms with E-state index in [4.69, 9.17) is 15.0 Å². The van der Waals surface area contributed by atoms with E-state index in [2.05, 4.69) is 36.8 Å². The van der Waals surface area contributed by atoms with E-state index in [0.29, 0.717) is 41.6 Å². The molecule has 2 aliphatic rings. The summed E-state index contributed by atoms with van der Waals surface area (Å²) in [5, 5.41) is 22.5. The highest BCUT2D eigenvalue weighted by atomic mass is 16.5. The first kappa shape index (κ1) is 24.0. The molecule has 188 valence electrons. The minimum absolute atomic E-state index is 0.341. The molecule has 2 aliphatic heterocycles. The number of fused-ring (bicyclic) bond motifs is 1. The van der Waals surface area contributed by atoms with Crippen LogP contribution in [0.25, 0.3) is 10.9 Å². The Morgan fingerprint density at radius 3 is 2.61 bits per heavy atom. The van der Waals surface area contributed by atoms with Gasteiger partial charge in [0.15, 0.2) is 0 Å². The molecule has 0 amide bonds. The van der Waals surface area contributed by atoms with Crippen LogP contribution < -0.4 is 25.8 Å². The standard InChI is InChI=1S/C26H32N8O2/c27-11-5-18-8-14-34(15-9-18)26-31-22-17-29-33-25(35)23(22)24(32-26)30-20-1-3-21(4-2-20)36-16-10-19-6-12-28-13-7-19/h1-4,17-19,28H,5-10,12-16H2,(H,33,35)(H,30,31,32). The lowest BCUT2D eigenvalue weighted by Gasteiger charge is -2.31. The van der Waals surface area contributed by atoms with Crippen molar-refractivity contribution >= 4 is 28.4 Å². The SMILES string of the molecule is N#CCC1CCN(c2nc(Nc3ccc(OCCC4CCNCC4)cc3)c3c(=O)[nH]ncc3n2)CC1. The highest BCUT2D eigenvalue weighted by Crippen LogP contribution is 2.28. The Bertz CT molecular complexity index is 1260. The minimum Gasteiger partial charge on any atom is -0.494 e. The summed E-state index contributed by atoms with van der Waals surface area (Å²) in [5.41, 5.74) is 0.950. The topological polar surface area (TPSA) is 132 Å². The van der Waals surface area contributed by atoms with Gasteiger partial charge in [0.05, 0.1) is 18.9 Å². The van der Waals surface area contributed by atoms with Gasteiger partial charge in [-0.25, -0.2) is 10.1 Å². The Hall–Kier alpha value is -3.71. The maximum absolute atomic E-state index is 12.6. The largest absolute Gasteiger partial charge is 0.494 e. The maximum Gasteiger partial charge on any atom is 0.277 e. The molecule has 2 fully saturated rings. The monoisotopic (exact) mass is 488 g/mol. The molecule has 0 aliphatic carbocycles. The van der Waals surface area contributed by atoms with Crippen LogP contribution in [-0.4, -0.2) is 53.0 Å². The van der Waals surface area contributed by atoms with Gasteiger partial charge in [-0.1, -0.05) is 0 Å². The zero-order chi connectivity index (χ0) is 24.7. The molecule has 2 saturated heterocycles. The van der Waals surface area contributed by atoms with Crippen molar-refractivity contribution in [1.29, 1.82) is 5.26 Å². The first-order valence-corrected chi connectivity index (χ1v) is 12.8. The Morgan fingerprint density at radius 2 is 1.86 bits per heavy atom. The normalized spacial score (nSPS) is 17.1. The number of hydrogen-bond acceptors (Lipinski definition) is 9. The molecular formula is C26H32N8O2. The number of hydrogen-bond donors (Lipinski definition) is 3. The van der Waals surface area contributed by atoms with Crippen LogP contribution in [0, 0.1) is 23.2 Å². The summed E-state index contributed by atoms with van der Waals surface area (Å²) in [4.78, 5) is 24.1. The van der Waals surface area contributed by atoms with Crippen LogP contribution in [0.3, 0.4) is 0 Å². The van der Waals surface area contributed by atoms with E-state index >= 15 is 0 Å². The van der Waals surface area contributed by atoms with Crippen molar-refractivity contribution in [2.75, 3.05) is 43.0 Å². The van der Waals surface area contributed by atoms with Gasteiger partial charge in [0.2, 0.25) is 5.95 Å². The van der Waals surface area contributed by atoms with Gasteiger partial charge >= 0.3 is 0 Å². The molecule has 5 rings (SSSR count). The van der Waals surface area contributed by atoms with Crippen molar-refractivity contribution in [2.45, 2.75) is 38.5 Å².